The first-order valence-corrected chi connectivity index (χ1v) is 12.2. The van der Waals surface area contributed by atoms with Gasteiger partial charge in [-0.1, -0.05) is 71.7 Å². The molecule has 4 rings (SSSR count). The smallest absolute Gasteiger partial charge is 0.271 e. The molecule has 1 N–H and O–H groups in total. The monoisotopic (exact) mass is 497 g/mol. The van der Waals surface area contributed by atoms with Crippen LogP contribution in [0.2, 0.25) is 10.0 Å². The Morgan fingerprint density at radius 3 is 2.42 bits per heavy atom. The molecular weight excluding hydrogens is 477 g/mol. The summed E-state index contributed by atoms with van der Waals surface area (Å²) in [4.78, 5) is 26.8. The zero-order chi connectivity index (χ0) is 23.2. The first-order valence-electron chi connectivity index (χ1n) is 10.4. The number of nitrogens with zero attached hydrogens (tertiary/aromatic N) is 2. The van der Waals surface area contributed by atoms with Crippen LogP contribution in [0.1, 0.15) is 32.4 Å². The van der Waals surface area contributed by atoms with Gasteiger partial charge in [0, 0.05) is 17.7 Å². The van der Waals surface area contributed by atoms with E-state index in [2.05, 4.69) is 22.7 Å². The molecule has 1 aliphatic heterocycles. The van der Waals surface area contributed by atoms with E-state index < -0.39 is 0 Å². The van der Waals surface area contributed by atoms with Gasteiger partial charge in [0.1, 0.15) is 5.37 Å². The van der Waals surface area contributed by atoms with Crippen LogP contribution in [-0.4, -0.2) is 35.2 Å². The van der Waals surface area contributed by atoms with Crippen LogP contribution in [0.4, 0.5) is 0 Å². The van der Waals surface area contributed by atoms with Gasteiger partial charge in [-0.2, -0.15) is 5.10 Å². The molecule has 0 unspecified atom stereocenters. The minimum atomic E-state index is -0.350. The summed E-state index contributed by atoms with van der Waals surface area (Å²) in [7, 11) is 0. The molecule has 1 atom stereocenters. The fourth-order valence-corrected chi connectivity index (χ4v) is 5.23. The van der Waals surface area contributed by atoms with E-state index in [9.17, 15) is 9.59 Å². The molecule has 5 nitrogen and oxygen atoms in total. The van der Waals surface area contributed by atoms with E-state index in [4.69, 9.17) is 23.2 Å². The fourth-order valence-electron chi connectivity index (χ4n) is 3.52. The van der Waals surface area contributed by atoms with Crippen molar-refractivity contribution in [1.82, 2.24) is 10.3 Å². The van der Waals surface area contributed by atoms with Crippen LogP contribution in [0.5, 0.6) is 0 Å². The molecule has 0 aromatic heterocycles. The van der Waals surface area contributed by atoms with Crippen LogP contribution < -0.4 is 5.43 Å². The van der Waals surface area contributed by atoms with Crippen LogP contribution in [0.25, 0.3) is 0 Å². The van der Waals surface area contributed by atoms with Crippen LogP contribution in [0.3, 0.4) is 0 Å². The van der Waals surface area contributed by atoms with Crippen molar-refractivity contribution in [3.63, 3.8) is 0 Å². The number of benzene rings is 3. The maximum atomic E-state index is 12.5. The summed E-state index contributed by atoms with van der Waals surface area (Å²) in [5, 5.41) is 4.81. The molecule has 0 spiro atoms. The Balaban J connectivity index is 1.39. The maximum absolute atomic E-state index is 12.5. The molecule has 2 amide bonds. The van der Waals surface area contributed by atoms with Gasteiger partial charge in [0.15, 0.2) is 0 Å². The van der Waals surface area contributed by atoms with Gasteiger partial charge < -0.3 is 4.90 Å². The Hall–Kier alpha value is -2.80. The molecule has 1 aliphatic rings. The highest BCUT2D eigenvalue weighted by atomic mass is 35.5. The maximum Gasteiger partial charge on any atom is 0.271 e. The summed E-state index contributed by atoms with van der Waals surface area (Å²) >= 11 is 13.8. The van der Waals surface area contributed by atoms with Crippen LogP contribution in [0, 0.1) is 0 Å². The molecule has 168 valence electrons. The van der Waals surface area contributed by atoms with Crippen molar-refractivity contribution in [3.8, 4) is 0 Å². The number of hydrazone groups is 1. The summed E-state index contributed by atoms with van der Waals surface area (Å²) in [6, 6.07) is 22.5. The van der Waals surface area contributed by atoms with Gasteiger partial charge in [0.2, 0.25) is 5.91 Å². The third-order valence-corrected chi connectivity index (χ3v) is 7.18. The van der Waals surface area contributed by atoms with Crippen LogP contribution in [-0.2, 0) is 11.2 Å². The molecule has 3 aromatic rings. The third kappa shape index (κ3) is 5.77. The van der Waals surface area contributed by atoms with Crippen molar-refractivity contribution in [2.45, 2.75) is 11.8 Å². The number of hydrogen-bond acceptors (Lipinski definition) is 4. The van der Waals surface area contributed by atoms with E-state index >= 15 is 0 Å². The van der Waals surface area contributed by atoms with Gasteiger partial charge >= 0.3 is 0 Å². The summed E-state index contributed by atoms with van der Waals surface area (Å²) in [6.07, 6.45) is 2.22. The molecule has 1 fully saturated rings. The zero-order valence-corrected chi connectivity index (χ0v) is 19.9. The first kappa shape index (κ1) is 23.4. The van der Waals surface area contributed by atoms with Crippen molar-refractivity contribution < 1.29 is 9.59 Å². The Bertz CT molecular complexity index is 1150. The van der Waals surface area contributed by atoms with Gasteiger partial charge in [0.05, 0.1) is 22.0 Å². The Labute approximate surface area is 206 Å². The van der Waals surface area contributed by atoms with Crippen molar-refractivity contribution in [2.75, 3.05) is 12.3 Å². The normalized spacial score (nSPS) is 15.9. The molecule has 0 aliphatic carbocycles. The number of thioether (sulfide) groups is 1. The van der Waals surface area contributed by atoms with Crippen molar-refractivity contribution >= 4 is 53.0 Å². The minimum Gasteiger partial charge on any atom is -0.326 e. The third-order valence-electron chi connectivity index (χ3n) is 5.27. The van der Waals surface area contributed by atoms with E-state index in [1.807, 2.05) is 35.2 Å². The minimum absolute atomic E-state index is 0.0568. The van der Waals surface area contributed by atoms with Gasteiger partial charge in [-0.05, 0) is 41.8 Å². The molecular formula is C25H21Cl2N3O2S. The second-order valence-electron chi connectivity index (χ2n) is 7.44. The lowest BCUT2D eigenvalue weighted by atomic mass is 10.1. The predicted octanol–water partition coefficient (Wildman–Crippen LogP) is 5.57. The number of carbonyl (C=O) groups is 2. The Morgan fingerprint density at radius 2 is 1.73 bits per heavy atom. The molecule has 1 heterocycles. The van der Waals surface area contributed by atoms with Gasteiger partial charge in [-0.15, -0.1) is 11.8 Å². The number of amides is 2. The highest BCUT2D eigenvalue weighted by molar-refractivity contribution is 8.00. The van der Waals surface area contributed by atoms with Crippen LogP contribution in [0.15, 0.2) is 77.9 Å². The van der Waals surface area contributed by atoms with Gasteiger partial charge in [0.25, 0.3) is 5.91 Å². The summed E-state index contributed by atoms with van der Waals surface area (Å²) < 4.78 is 0. The number of rotatable bonds is 7. The van der Waals surface area contributed by atoms with Gasteiger partial charge in [-0.25, -0.2) is 5.43 Å². The SMILES string of the molecule is O=C(N/N=C\c1c(Cl)cccc1Cl)c1ccc([C@H]2SCC(=O)N2CCc2ccccc2)cc1. The highest BCUT2D eigenvalue weighted by Crippen LogP contribution is 2.38. The number of nitrogens with one attached hydrogen (secondary N) is 1. The molecule has 0 saturated carbocycles. The first-order chi connectivity index (χ1) is 16.0. The molecule has 8 heteroatoms. The summed E-state index contributed by atoms with van der Waals surface area (Å²) in [6.45, 7) is 0.655. The van der Waals surface area contributed by atoms with Crippen molar-refractivity contribution in [3.05, 3.63) is 105 Å². The average Bonchev–Trinajstić information content (AvgIpc) is 3.20. The zero-order valence-electron chi connectivity index (χ0n) is 17.6. The highest BCUT2D eigenvalue weighted by Gasteiger charge is 2.32. The quantitative estimate of drug-likeness (QED) is 0.342. The number of hydrogen-bond donors (Lipinski definition) is 1. The standard InChI is InChI=1S/C25H21Cl2N3O2S/c26-21-7-4-8-22(27)20(21)15-28-29-24(32)18-9-11-19(12-10-18)25-30(23(31)16-33-25)14-13-17-5-2-1-3-6-17/h1-12,15,25H,13-14,16H2,(H,29,32)/b28-15-/t25-/m1/s1. The number of carbonyl (C=O) groups excluding carboxylic acids is 2. The average molecular weight is 498 g/mol. The summed E-state index contributed by atoms with van der Waals surface area (Å²) in [5.41, 5.74) is 5.68. The number of halogens is 2. The lowest BCUT2D eigenvalue weighted by molar-refractivity contribution is -0.128. The fraction of sp³-hybridized carbons (Fsp3) is 0.160. The van der Waals surface area contributed by atoms with Gasteiger partial charge in [-0.3, -0.25) is 9.59 Å². The van der Waals surface area contributed by atoms with E-state index in [1.54, 1.807) is 42.1 Å². The molecule has 0 bridgehead atoms. The van der Waals surface area contributed by atoms with E-state index in [0.717, 1.165) is 12.0 Å². The van der Waals surface area contributed by atoms with E-state index in [0.29, 0.717) is 33.5 Å². The molecule has 0 radical (unpaired) electrons. The second-order valence-corrected chi connectivity index (χ2v) is 9.33. The molecule has 1 saturated heterocycles. The molecule has 3 aromatic carbocycles. The Kier molecular flexibility index (Phi) is 7.70. The summed E-state index contributed by atoms with van der Waals surface area (Å²) in [5.74, 6) is 0.244. The largest absolute Gasteiger partial charge is 0.326 e. The van der Waals surface area contributed by atoms with E-state index in [1.165, 1.54) is 11.8 Å². The van der Waals surface area contributed by atoms with Crippen molar-refractivity contribution in [1.29, 1.82) is 0 Å². The van der Waals surface area contributed by atoms with Crippen molar-refractivity contribution in [2.24, 2.45) is 5.10 Å². The molecule has 33 heavy (non-hydrogen) atoms. The van der Waals surface area contributed by atoms with Crippen LogP contribution >= 0.6 is 35.0 Å². The Morgan fingerprint density at radius 1 is 1.03 bits per heavy atom. The lowest BCUT2D eigenvalue weighted by Gasteiger charge is -2.24. The topological polar surface area (TPSA) is 61.8 Å². The van der Waals surface area contributed by atoms with E-state index in [-0.39, 0.29) is 17.2 Å². The second kappa shape index (κ2) is 10.9. The lowest BCUT2D eigenvalue weighted by Crippen LogP contribution is -2.30. The predicted molar refractivity (Wildman–Crippen MR) is 135 cm³/mol.